The Morgan fingerprint density at radius 1 is 1.02 bits per heavy atom. The fourth-order valence-corrected chi connectivity index (χ4v) is 6.58. The lowest BCUT2D eigenvalue weighted by Gasteiger charge is -2.32. The lowest BCUT2D eigenvalue weighted by atomic mass is 9.87. The minimum absolute atomic E-state index is 0.121. The Bertz CT molecular complexity index is 1550. The minimum Gasteiger partial charge on any atom is -0.478 e. The molecular weight excluding hydrogens is 542 g/mol. The topological polar surface area (TPSA) is 61.8 Å². The highest BCUT2D eigenvalue weighted by Gasteiger charge is 2.31. The number of hydrogen-bond donors (Lipinski definition) is 2. The highest BCUT2D eigenvalue weighted by atomic mass is 32.2. The number of hydrogen-bond acceptors (Lipinski definition) is 5. The molecule has 1 heterocycles. The van der Waals surface area contributed by atoms with Crippen LogP contribution in [0.2, 0.25) is 0 Å². The van der Waals surface area contributed by atoms with Gasteiger partial charge in [0.2, 0.25) is 0 Å². The average molecular weight is 573 g/mol. The molecule has 1 aliphatic heterocycles. The number of benzene rings is 3. The van der Waals surface area contributed by atoms with Crippen LogP contribution in [0.4, 0.5) is 20.2 Å². The molecule has 2 N–H and O–H groups in total. The third-order valence-electron chi connectivity index (χ3n) is 7.79. The van der Waals surface area contributed by atoms with Crippen molar-refractivity contribution < 1.29 is 23.4 Å². The second-order valence-corrected chi connectivity index (χ2v) is 11.3. The van der Waals surface area contributed by atoms with Crippen LogP contribution >= 0.6 is 11.9 Å². The van der Waals surface area contributed by atoms with Gasteiger partial charge in [-0.3, -0.25) is 4.72 Å². The fourth-order valence-electron chi connectivity index (χ4n) is 5.58. The zero-order valence-corrected chi connectivity index (χ0v) is 23.2. The Labute approximate surface area is 242 Å². The number of halogens is 2. The molecule has 5 nitrogen and oxygen atoms in total. The zero-order chi connectivity index (χ0) is 28.3. The van der Waals surface area contributed by atoms with Gasteiger partial charge in [-0.05, 0) is 85.5 Å². The van der Waals surface area contributed by atoms with E-state index in [0.29, 0.717) is 29.2 Å². The summed E-state index contributed by atoms with van der Waals surface area (Å²) in [5.41, 5.74) is 2.49. The van der Waals surface area contributed by atoms with Gasteiger partial charge in [0.05, 0.1) is 11.3 Å². The molecule has 0 fully saturated rings. The van der Waals surface area contributed by atoms with Crippen molar-refractivity contribution in [2.45, 2.75) is 43.0 Å². The Kier molecular flexibility index (Phi) is 7.94. The lowest BCUT2D eigenvalue weighted by molar-refractivity contribution is 0.0692. The molecule has 0 bridgehead atoms. The first-order valence-electron chi connectivity index (χ1n) is 13.8. The first-order chi connectivity index (χ1) is 20.0. The molecule has 0 saturated carbocycles. The minimum atomic E-state index is -1.36. The Balaban J connectivity index is 1.50. The van der Waals surface area contributed by atoms with E-state index < -0.39 is 17.3 Å². The van der Waals surface area contributed by atoms with Crippen molar-refractivity contribution in [3.63, 3.8) is 0 Å². The smallest absolute Gasteiger partial charge is 0.338 e. The molecule has 3 aromatic rings. The van der Waals surface area contributed by atoms with Gasteiger partial charge in [-0.2, -0.15) is 0 Å². The van der Waals surface area contributed by atoms with Crippen molar-refractivity contribution in [3.05, 3.63) is 108 Å². The van der Waals surface area contributed by atoms with E-state index in [0.717, 1.165) is 48.1 Å². The van der Waals surface area contributed by atoms with Crippen molar-refractivity contribution in [1.82, 2.24) is 4.72 Å². The molecule has 2 atom stereocenters. The monoisotopic (exact) mass is 572 g/mol. The summed E-state index contributed by atoms with van der Waals surface area (Å²) in [6, 6.07) is 18.1. The number of aromatic carboxylic acids is 1. The molecule has 2 unspecified atom stereocenters. The number of allylic oxidation sites excluding steroid dienone is 5. The number of nitrogens with zero attached hydrogens (tertiary/aromatic N) is 1. The first kappa shape index (κ1) is 27.3. The van der Waals surface area contributed by atoms with Crippen LogP contribution in [-0.2, 0) is 0 Å². The fraction of sp³-hybridized carbons (Fsp3) is 0.242. The maximum absolute atomic E-state index is 14.8. The van der Waals surface area contributed by atoms with Crippen molar-refractivity contribution in [1.29, 1.82) is 0 Å². The predicted octanol–water partition coefficient (Wildman–Crippen LogP) is 8.57. The van der Waals surface area contributed by atoms with E-state index in [4.69, 9.17) is 4.74 Å². The number of nitrogens with one attached hydrogen (secondary N) is 1. The predicted molar refractivity (Wildman–Crippen MR) is 159 cm³/mol. The SMILES string of the molecule is O=C(O)c1cc(-c2cc3c(cc2OC2=C(F)CCC=C2)N(c2ccccc2)CC(C2CC=CCC2)NS3)ccc1F. The molecule has 41 heavy (non-hydrogen) atoms. The second-order valence-electron chi connectivity index (χ2n) is 10.4. The molecule has 3 aliphatic rings. The number of carboxylic acids is 1. The van der Waals surface area contributed by atoms with Gasteiger partial charge in [-0.15, -0.1) is 0 Å². The van der Waals surface area contributed by atoms with Crippen LogP contribution in [-0.4, -0.2) is 23.7 Å². The molecule has 0 saturated heterocycles. The molecule has 3 aromatic carbocycles. The molecule has 0 spiro atoms. The van der Waals surface area contributed by atoms with Gasteiger partial charge >= 0.3 is 5.97 Å². The van der Waals surface area contributed by atoms with Crippen LogP contribution in [0, 0.1) is 11.7 Å². The van der Waals surface area contributed by atoms with Gasteiger partial charge in [-0.1, -0.05) is 42.5 Å². The molecule has 0 radical (unpaired) electrons. The summed E-state index contributed by atoms with van der Waals surface area (Å²) in [5.74, 6) is -1.58. The van der Waals surface area contributed by atoms with Gasteiger partial charge < -0.3 is 14.7 Å². The van der Waals surface area contributed by atoms with E-state index in [-0.39, 0.29) is 24.0 Å². The number of fused-ring (bicyclic) bond motifs is 1. The number of para-hydroxylation sites is 1. The van der Waals surface area contributed by atoms with Crippen molar-refractivity contribution in [2.24, 2.45) is 5.92 Å². The summed E-state index contributed by atoms with van der Waals surface area (Å²) in [4.78, 5) is 14.9. The highest BCUT2D eigenvalue weighted by molar-refractivity contribution is 7.97. The quantitative estimate of drug-likeness (QED) is 0.228. The van der Waals surface area contributed by atoms with Crippen LogP contribution in [0.15, 0.2) is 101 Å². The Morgan fingerprint density at radius 3 is 2.63 bits per heavy atom. The van der Waals surface area contributed by atoms with Crippen LogP contribution in [0.25, 0.3) is 11.1 Å². The molecule has 8 heteroatoms. The number of carboxylic acid groups (broad SMARTS) is 1. The van der Waals surface area contributed by atoms with Gasteiger partial charge in [0, 0.05) is 41.2 Å². The normalized spacial score (nSPS) is 20.5. The largest absolute Gasteiger partial charge is 0.478 e. The van der Waals surface area contributed by atoms with E-state index in [2.05, 4.69) is 33.9 Å². The summed E-state index contributed by atoms with van der Waals surface area (Å²) >= 11 is 1.53. The van der Waals surface area contributed by atoms with E-state index in [1.807, 2.05) is 36.4 Å². The summed E-state index contributed by atoms with van der Waals surface area (Å²) < 4.78 is 39.1. The van der Waals surface area contributed by atoms with E-state index in [9.17, 15) is 18.7 Å². The molecule has 6 rings (SSSR count). The van der Waals surface area contributed by atoms with Gasteiger partial charge in [0.15, 0.2) is 5.76 Å². The number of rotatable bonds is 6. The molecule has 210 valence electrons. The van der Waals surface area contributed by atoms with E-state index >= 15 is 0 Å². The molecular formula is C33H30F2N2O3S. The van der Waals surface area contributed by atoms with Crippen molar-refractivity contribution in [3.8, 4) is 16.9 Å². The average Bonchev–Trinajstić information content (AvgIpc) is 3.18. The summed E-state index contributed by atoms with van der Waals surface area (Å²) in [7, 11) is 0. The number of ether oxygens (including phenoxy) is 1. The van der Waals surface area contributed by atoms with Crippen LogP contribution < -0.4 is 14.4 Å². The first-order valence-corrected chi connectivity index (χ1v) is 14.6. The summed E-state index contributed by atoms with van der Waals surface area (Å²) in [6.45, 7) is 0.720. The third-order valence-corrected chi connectivity index (χ3v) is 8.76. The zero-order valence-electron chi connectivity index (χ0n) is 22.4. The number of anilines is 2. The standard InChI is InChI=1S/C33H30F2N2O3S/c34-26-16-15-22(17-25(26)33(38)39)24-18-32-29(19-31(24)40-30-14-8-7-13-27(30)35)37(23-11-5-2-6-12-23)20-28(36-41-32)21-9-3-1-4-10-21/h1-3,5-6,8,11-12,14-19,21,28,36H,4,7,9-10,13,20H2,(H,38,39). The van der Waals surface area contributed by atoms with Crippen LogP contribution in [0.3, 0.4) is 0 Å². The molecule has 0 aromatic heterocycles. The maximum Gasteiger partial charge on any atom is 0.338 e. The second kappa shape index (κ2) is 11.9. The number of carbonyl (C=O) groups is 1. The Hall–Kier alpha value is -3.88. The van der Waals surface area contributed by atoms with Crippen molar-refractivity contribution in [2.75, 3.05) is 11.4 Å². The van der Waals surface area contributed by atoms with E-state index in [1.165, 1.54) is 24.1 Å². The van der Waals surface area contributed by atoms with Gasteiger partial charge in [0.25, 0.3) is 0 Å². The summed E-state index contributed by atoms with van der Waals surface area (Å²) in [5, 5.41) is 9.58. The van der Waals surface area contributed by atoms with Gasteiger partial charge in [-0.25, -0.2) is 13.6 Å². The van der Waals surface area contributed by atoms with Gasteiger partial charge in [0.1, 0.15) is 17.4 Å². The third kappa shape index (κ3) is 5.80. The lowest BCUT2D eigenvalue weighted by Crippen LogP contribution is -2.40. The highest BCUT2D eigenvalue weighted by Crippen LogP contribution is 2.46. The van der Waals surface area contributed by atoms with Crippen molar-refractivity contribution >= 4 is 29.3 Å². The Morgan fingerprint density at radius 2 is 1.88 bits per heavy atom. The molecule has 0 amide bonds. The van der Waals surface area contributed by atoms with Crippen LogP contribution in [0.5, 0.6) is 5.75 Å². The summed E-state index contributed by atoms with van der Waals surface area (Å²) in [6.07, 6.45) is 12.0. The van der Waals surface area contributed by atoms with E-state index in [1.54, 1.807) is 6.08 Å². The van der Waals surface area contributed by atoms with Crippen LogP contribution in [0.1, 0.15) is 42.5 Å². The molecule has 2 aliphatic carbocycles. The maximum atomic E-state index is 14.8.